The second kappa shape index (κ2) is 8.21. The van der Waals surface area contributed by atoms with E-state index in [1.54, 1.807) is 24.5 Å². The molecule has 0 aliphatic rings. The summed E-state index contributed by atoms with van der Waals surface area (Å²) in [6.07, 6.45) is 2.80. The molecular formula is C16H19N3O4. The fourth-order valence-corrected chi connectivity index (χ4v) is 2.16. The highest BCUT2D eigenvalue weighted by Gasteiger charge is 2.11. The Morgan fingerprint density at radius 1 is 1.39 bits per heavy atom. The van der Waals surface area contributed by atoms with E-state index in [-0.39, 0.29) is 12.3 Å². The zero-order valence-corrected chi connectivity index (χ0v) is 12.8. The van der Waals surface area contributed by atoms with Crippen molar-refractivity contribution in [2.45, 2.75) is 12.6 Å². The maximum Gasteiger partial charge on any atom is 0.273 e. The molecule has 1 aromatic heterocycles. The zero-order chi connectivity index (χ0) is 16.7. The molecule has 2 rings (SSSR count). The molecule has 0 bridgehead atoms. The van der Waals surface area contributed by atoms with E-state index >= 15 is 0 Å². The summed E-state index contributed by atoms with van der Waals surface area (Å²) in [4.78, 5) is 16.2. The minimum Gasteiger partial charge on any atom is -0.491 e. The number of benzene rings is 1. The molecule has 0 radical (unpaired) electrons. The second-order valence-corrected chi connectivity index (χ2v) is 5.28. The molecule has 0 aliphatic heterocycles. The lowest BCUT2D eigenvalue weighted by atomic mass is 10.2. The Balaban J connectivity index is 1.79. The molecular weight excluding hydrogens is 298 g/mol. The van der Waals surface area contributed by atoms with E-state index in [1.807, 2.05) is 24.1 Å². The highest BCUT2D eigenvalue weighted by atomic mass is 16.6. The number of aliphatic hydroxyl groups is 1. The van der Waals surface area contributed by atoms with Gasteiger partial charge in [-0.1, -0.05) is 12.1 Å². The molecule has 0 spiro atoms. The Morgan fingerprint density at radius 3 is 2.91 bits per heavy atom. The topological polar surface area (TPSA) is 88.7 Å². The summed E-state index contributed by atoms with van der Waals surface area (Å²) >= 11 is 0. The average Bonchev–Trinajstić information content (AvgIpc) is 2.54. The van der Waals surface area contributed by atoms with Gasteiger partial charge in [-0.25, -0.2) is 0 Å². The number of nitro benzene ring substituents is 1. The number of aliphatic hydroxyl groups excluding tert-OH is 1. The quantitative estimate of drug-likeness (QED) is 0.590. The number of nitro groups is 1. The van der Waals surface area contributed by atoms with E-state index < -0.39 is 11.0 Å². The van der Waals surface area contributed by atoms with E-state index in [0.717, 1.165) is 5.56 Å². The van der Waals surface area contributed by atoms with Gasteiger partial charge in [-0.05, 0) is 24.7 Å². The van der Waals surface area contributed by atoms with Crippen LogP contribution in [0.25, 0.3) is 0 Å². The fraction of sp³-hybridized carbons (Fsp3) is 0.312. The Bertz CT molecular complexity index is 636. The third-order valence-electron chi connectivity index (χ3n) is 3.17. The molecule has 0 fully saturated rings. The van der Waals surface area contributed by atoms with Gasteiger partial charge in [0, 0.05) is 31.5 Å². The molecule has 122 valence electrons. The van der Waals surface area contributed by atoms with Crippen LogP contribution in [0, 0.1) is 10.1 Å². The van der Waals surface area contributed by atoms with Crippen molar-refractivity contribution >= 4 is 5.69 Å². The van der Waals surface area contributed by atoms with Gasteiger partial charge in [0.25, 0.3) is 5.69 Å². The van der Waals surface area contributed by atoms with Crippen LogP contribution < -0.4 is 4.74 Å². The number of aromatic nitrogens is 1. The van der Waals surface area contributed by atoms with Gasteiger partial charge in [0.1, 0.15) is 18.5 Å². The van der Waals surface area contributed by atoms with Crippen LogP contribution in [0.4, 0.5) is 5.69 Å². The van der Waals surface area contributed by atoms with E-state index in [2.05, 4.69) is 4.98 Å². The lowest BCUT2D eigenvalue weighted by molar-refractivity contribution is -0.384. The third kappa shape index (κ3) is 5.65. The number of ether oxygens (including phenoxy) is 1. The van der Waals surface area contributed by atoms with Gasteiger partial charge in [0.15, 0.2) is 0 Å². The molecule has 0 aliphatic carbocycles. The van der Waals surface area contributed by atoms with Crippen LogP contribution >= 0.6 is 0 Å². The van der Waals surface area contributed by atoms with Gasteiger partial charge >= 0.3 is 0 Å². The molecule has 7 heteroatoms. The minimum atomic E-state index is -0.698. The van der Waals surface area contributed by atoms with Crippen LogP contribution in [0.2, 0.25) is 0 Å². The van der Waals surface area contributed by atoms with Crippen LogP contribution in [0.1, 0.15) is 5.56 Å². The predicted molar refractivity (Wildman–Crippen MR) is 85.2 cm³/mol. The van der Waals surface area contributed by atoms with Crippen LogP contribution in [0.3, 0.4) is 0 Å². The van der Waals surface area contributed by atoms with Crippen molar-refractivity contribution in [2.24, 2.45) is 0 Å². The summed E-state index contributed by atoms with van der Waals surface area (Å²) in [5.74, 6) is 0.369. The van der Waals surface area contributed by atoms with Crippen LogP contribution in [0.5, 0.6) is 5.75 Å². The summed E-state index contributed by atoms with van der Waals surface area (Å²) in [5.41, 5.74) is 1.02. The summed E-state index contributed by atoms with van der Waals surface area (Å²) < 4.78 is 5.42. The molecule has 1 N–H and O–H groups in total. The highest BCUT2D eigenvalue weighted by Crippen LogP contribution is 2.19. The number of non-ortho nitro benzene ring substituents is 1. The molecule has 7 nitrogen and oxygen atoms in total. The average molecular weight is 317 g/mol. The van der Waals surface area contributed by atoms with Gasteiger partial charge in [-0.3, -0.25) is 20.0 Å². The lowest BCUT2D eigenvalue weighted by Gasteiger charge is -2.20. The Labute approximate surface area is 134 Å². The van der Waals surface area contributed by atoms with Crippen molar-refractivity contribution < 1.29 is 14.8 Å². The second-order valence-electron chi connectivity index (χ2n) is 5.28. The first kappa shape index (κ1) is 16.9. The molecule has 1 unspecified atom stereocenters. The number of likely N-dealkylation sites (N-methyl/N-ethyl adjacent to an activating group) is 1. The van der Waals surface area contributed by atoms with E-state index in [4.69, 9.17) is 4.74 Å². The van der Waals surface area contributed by atoms with Crippen molar-refractivity contribution in [1.29, 1.82) is 0 Å². The largest absolute Gasteiger partial charge is 0.491 e. The number of hydrogen-bond acceptors (Lipinski definition) is 6. The van der Waals surface area contributed by atoms with Gasteiger partial charge in [0.05, 0.1) is 11.0 Å². The zero-order valence-electron chi connectivity index (χ0n) is 12.8. The standard InChI is InChI=1S/C16H19N3O4/c1-18(10-13-4-3-7-17-9-13)11-15(20)12-23-16-6-2-5-14(8-16)19(21)22/h2-9,15,20H,10-12H2,1H3. The van der Waals surface area contributed by atoms with Gasteiger partial charge in [-0.2, -0.15) is 0 Å². The maximum absolute atomic E-state index is 10.7. The molecule has 0 saturated heterocycles. The van der Waals surface area contributed by atoms with Crippen molar-refractivity contribution in [3.63, 3.8) is 0 Å². The predicted octanol–water partition coefficient (Wildman–Crippen LogP) is 1.86. The number of hydrogen-bond donors (Lipinski definition) is 1. The smallest absolute Gasteiger partial charge is 0.273 e. The molecule has 0 saturated carbocycles. The van der Waals surface area contributed by atoms with E-state index in [1.165, 1.54) is 12.1 Å². The first-order valence-electron chi connectivity index (χ1n) is 7.17. The van der Waals surface area contributed by atoms with Gasteiger partial charge in [0.2, 0.25) is 0 Å². The summed E-state index contributed by atoms with van der Waals surface area (Å²) in [6, 6.07) is 9.74. The Hall–Kier alpha value is -2.51. The van der Waals surface area contributed by atoms with Gasteiger partial charge < -0.3 is 9.84 Å². The van der Waals surface area contributed by atoms with Crippen molar-refractivity contribution in [2.75, 3.05) is 20.2 Å². The first-order valence-corrected chi connectivity index (χ1v) is 7.17. The maximum atomic E-state index is 10.7. The van der Waals surface area contributed by atoms with E-state index in [0.29, 0.717) is 18.8 Å². The minimum absolute atomic E-state index is 0.0364. The lowest BCUT2D eigenvalue weighted by Crippen LogP contribution is -2.32. The molecule has 1 atom stereocenters. The fourth-order valence-electron chi connectivity index (χ4n) is 2.16. The first-order chi connectivity index (χ1) is 11.0. The Morgan fingerprint density at radius 2 is 2.22 bits per heavy atom. The van der Waals surface area contributed by atoms with Crippen molar-refractivity contribution in [1.82, 2.24) is 9.88 Å². The Kier molecular flexibility index (Phi) is 6.02. The number of rotatable bonds is 8. The SMILES string of the molecule is CN(Cc1cccnc1)CC(O)COc1cccc([N+](=O)[O-])c1. The summed E-state index contributed by atoms with van der Waals surface area (Å²) in [6.45, 7) is 1.16. The summed E-state index contributed by atoms with van der Waals surface area (Å²) in [5, 5.41) is 20.7. The van der Waals surface area contributed by atoms with Crippen molar-refractivity contribution in [3.8, 4) is 5.75 Å². The monoisotopic (exact) mass is 317 g/mol. The van der Waals surface area contributed by atoms with Crippen LogP contribution in [-0.2, 0) is 6.54 Å². The van der Waals surface area contributed by atoms with Gasteiger partial charge in [-0.15, -0.1) is 0 Å². The number of nitrogens with zero attached hydrogens (tertiary/aromatic N) is 3. The molecule has 2 aromatic rings. The molecule has 1 aromatic carbocycles. The van der Waals surface area contributed by atoms with Crippen molar-refractivity contribution in [3.05, 3.63) is 64.5 Å². The normalized spacial score (nSPS) is 12.1. The molecule has 1 heterocycles. The number of pyridine rings is 1. The third-order valence-corrected chi connectivity index (χ3v) is 3.17. The van der Waals surface area contributed by atoms with E-state index in [9.17, 15) is 15.2 Å². The molecule has 23 heavy (non-hydrogen) atoms. The molecule has 0 amide bonds. The van der Waals surface area contributed by atoms with Crippen LogP contribution in [-0.4, -0.2) is 46.2 Å². The summed E-state index contributed by atoms with van der Waals surface area (Å²) in [7, 11) is 1.89. The highest BCUT2D eigenvalue weighted by molar-refractivity contribution is 5.37. The van der Waals surface area contributed by atoms with Crippen LogP contribution in [0.15, 0.2) is 48.8 Å².